The number of carboxylic acid groups (broad SMARTS) is 1. The van der Waals surface area contributed by atoms with Gasteiger partial charge in [0.05, 0.1) is 29.4 Å². The number of amides is 1. The normalized spacial score (nSPS) is 15.0. The number of halogens is 2. The molecule has 1 aliphatic heterocycles. The SMILES string of the molecule is COc1nc(-c2cccc(-c3cccc(-c4cc5c(=O)n(C)c(CN[C@H](C)C(=O)O)nn5c4)c3Cl)c2Cl)ccc1CNC[C@H]1CCC(=O)N1. The minimum atomic E-state index is -1.000. The van der Waals surface area contributed by atoms with Crippen LogP contribution in [0.25, 0.3) is 39.0 Å². The Labute approximate surface area is 292 Å². The van der Waals surface area contributed by atoms with E-state index >= 15 is 0 Å². The lowest BCUT2D eigenvalue weighted by Crippen LogP contribution is -2.36. The molecular weight excluding hydrogens is 669 g/mol. The zero-order chi connectivity index (χ0) is 34.8. The number of hydrogen-bond acceptors (Lipinski definition) is 8. The highest BCUT2D eigenvalue weighted by atomic mass is 35.5. The molecular formula is C35H35Cl2N7O5. The van der Waals surface area contributed by atoms with E-state index in [1.165, 1.54) is 16.0 Å². The van der Waals surface area contributed by atoms with Crippen molar-refractivity contribution in [3.05, 3.63) is 92.6 Å². The van der Waals surface area contributed by atoms with E-state index in [2.05, 4.69) is 21.0 Å². The molecule has 1 saturated heterocycles. The second-order valence-corrected chi connectivity index (χ2v) is 12.7. The van der Waals surface area contributed by atoms with E-state index in [0.29, 0.717) is 80.3 Å². The van der Waals surface area contributed by atoms with Crippen LogP contribution in [0.15, 0.2) is 65.6 Å². The van der Waals surface area contributed by atoms with Crippen LogP contribution in [0.3, 0.4) is 0 Å². The van der Waals surface area contributed by atoms with E-state index in [0.717, 1.165) is 12.0 Å². The van der Waals surface area contributed by atoms with Crippen molar-refractivity contribution in [1.29, 1.82) is 0 Å². The van der Waals surface area contributed by atoms with Crippen molar-refractivity contribution in [1.82, 2.24) is 35.1 Å². The molecule has 0 radical (unpaired) electrons. The first kappa shape index (κ1) is 34.1. The number of rotatable bonds is 12. The number of carbonyl (C=O) groups excluding carboxylic acids is 1. The standard InChI is InChI=1S/C35H35Cl2N7O5/c1-19(35(47)48)39-17-29-42-44-18-21(14-28(44)34(46)43(29)2)23-6-4-7-24(31(23)36)25-8-5-9-26(32(25)37)27-12-10-20(33(41-27)49-3)15-38-16-22-11-13-30(45)40-22/h4-10,12,14,18-19,22,38-39H,11,13,15-17H2,1-3H3,(H,40,45)(H,47,48)/t19-,22-/m1/s1. The molecule has 3 aromatic heterocycles. The molecule has 6 rings (SSSR count). The summed E-state index contributed by atoms with van der Waals surface area (Å²) in [6.45, 7) is 2.80. The molecule has 14 heteroatoms. The summed E-state index contributed by atoms with van der Waals surface area (Å²) in [7, 11) is 3.17. The van der Waals surface area contributed by atoms with Crippen LogP contribution < -0.4 is 26.2 Å². The number of carboxylic acids is 1. The summed E-state index contributed by atoms with van der Waals surface area (Å²) in [6, 6.07) is 16.2. The zero-order valence-corrected chi connectivity index (χ0v) is 28.6. The van der Waals surface area contributed by atoms with Gasteiger partial charge in [-0.05, 0) is 25.5 Å². The van der Waals surface area contributed by atoms with Gasteiger partial charge < -0.3 is 20.5 Å². The number of nitrogens with one attached hydrogen (secondary N) is 3. The van der Waals surface area contributed by atoms with E-state index in [1.54, 1.807) is 26.4 Å². The molecule has 2 atom stereocenters. The van der Waals surface area contributed by atoms with Crippen molar-refractivity contribution in [3.8, 4) is 39.4 Å². The van der Waals surface area contributed by atoms with Gasteiger partial charge in [-0.3, -0.25) is 24.3 Å². The minimum absolute atomic E-state index is 0.0829. The van der Waals surface area contributed by atoms with E-state index in [-0.39, 0.29) is 24.1 Å². The lowest BCUT2D eigenvalue weighted by molar-refractivity contribution is -0.139. The quantitative estimate of drug-likeness (QED) is 0.145. The average molecular weight is 705 g/mol. The first-order chi connectivity index (χ1) is 23.5. The average Bonchev–Trinajstić information content (AvgIpc) is 3.72. The van der Waals surface area contributed by atoms with Gasteiger partial charge in [-0.15, -0.1) is 0 Å². The fourth-order valence-electron chi connectivity index (χ4n) is 5.85. The fourth-order valence-corrected chi connectivity index (χ4v) is 6.51. The Morgan fingerprint density at radius 3 is 2.43 bits per heavy atom. The van der Waals surface area contributed by atoms with Crippen molar-refractivity contribution in [2.45, 2.75) is 44.9 Å². The summed E-state index contributed by atoms with van der Waals surface area (Å²) < 4.78 is 8.51. The summed E-state index contributed by atoms with van der Waals surface area (Å²) >= 11 is 14.1. The highest BCUT2D eigenvalue weighted by molar-refractivity contribution is 6.39. The Balaban J connectivity index is 1.28. The first-order valence-electron chi connectivity index (χ1n) is 15.7. The number of hydrogen-bond donors (Lipinski definition) is 4. The third-order valence-corrected chi connectivity index (χ3v) is 9.48. The molecule has 0 spiro atoms. The number of aromatic nitrogens is 4. The first-order valence-corrected chi connectivity index (χ1v) is 16.5. The number of methoxy groups -OCH3 is 1. The van der Waals surface area contributed by atoms with Crippen molar-refractivity contribution >= 4 is 40.6 Å². The van der Waals surface area contributed by atoms with Gasteiger partial charge in [0.1, 0.15) is 17.4 Å². The number of ether oxygens (including phenoxy) is 1. The summed E-state index contributed by atoms with van der Waals surface area (Å²) in [5.74, 6) is -0.0672. The molecule has 1 amide bonds. The van der Waals surface area contributed by atoms with Gasteiger partial charge in [-0.2, -0.15) is 5.10 Å². The monoisotopic (exact) mass is 703 g/mol. The number of aliphatic carboxylic acids is 1. The van der Waals surface area contributed by atoms with Crippen molar-refractivity contribution in [3.63, 3.8) is 0 Å². The lowest BCUT2D eigenvalue weighted by atomic mass is 9.97. The molecule has 1 fully saturated rings. The second-order valence-electron chi connectivity index (χ2n) is 11.9. The molecule has 0 unspecified atom stereocenters. The summed E-state index contributed by atoms with van der Waals surface area (Å²) in [5.41, 5.74) is 5.03. The Morgan fingerprint density at radius 1 is 1.06 bits per heavy atom. The Morgan fingerprint density at radius 2 is 1.76 bits per heavy atom. The van der Waals surface area contributed by atoms with E-state index < -0.39 is 12.0 Å². The molecule has 254 valence electrons. The molecule has 0 bridgehead atoms. The van der Waals surface area contributed by atoms with E-state index in [4.69, 9.17) is 32.9 Å². The Kier molecular flexibility index (Phi) is 10.0. The van der Waals surface area contributed by atoms with Crippen LogP contribution in [0.2, 0.25) is 10.0 Å². The molecule has 2 aromatic carbocycles. The van der Waals surface area contributed by atoms with Crippen LogP contribution in [-0.2, 0) is 29.7 Å². The zero-order valence-electron chi connectivity index (χ0n) is 27.1. The number of carbonyl (C=O) groups is 2. The van der Waals surface area contributed by atoms with Crippen LogP contribution in [-0.4, -0.2) is 61.9 Å². The second kappa shape index (κ2) is 14.4. The third kappa shape index (κ3) is 7.04. The minimum Gasteiger partial charge on any atom is -0.481 e. The molecule has 5 aromatic rings. The van der Waals surface area contributed by atoms with Gasteiger partial charge in [0.2, 0.25) is 11.8 Å². The number of fused-ring (bicyclic) bond motifs is 1. The predicted molar refractivity (Wildman–Crippen MR) is 188 cm³/mol. The van der Waals surface area contributed by atoms with E-state index in [1.807, 2.05) is 48.5 Å². The van der Waals surface area contributed by atoms with Crippen molar-refractivity contribution < 1.29 is 19.4 Å². The summed E-state index contributed by atoms with van der Waals surface area (Å²) in [6.07, 6.45) is 3.10. The van der Waals surface area contributed by atoms with Gasteiger partial charge in [0.15, 0.2) is 0 Å². The lowest BCUT2D eigenvalue weighted by Gasteiger charge is -2.15. The van der Waals surface area contributed by atoms with Crippen LogP contribution in [0, 0.1) is 0 Å². The molecule has 49 heavy (non-hydrogen) atoms. The Hall–Kier alpha value is -4.75. The highest BCUT2D eigenvalue weighted by Crippen LogP contribution is 2.42. The maximum absolute atomic E-state index is 13.2. The van der Waals surface area contributed by atoms with Gasteiger partial charge in [-0.1, -0.05) is 65.7 Å². The fraction of sp³-hybridized carbons (Fsp3) is 0.286. The predicted octanol–water partition coefficient (Wildman–Crippen LogP) is 4.68. The molecule has 1 aliphatic rings. The third-order valence-electron chi connectivity index (χ3n) is 8.67. The van der Waals surface area contributed by atoms with Crippen LogP contribution >= 0.6 is 23.2 Å². The van der Waals surface area contributed by atoms with Crippen molar-refractivity contribution in [2.75, 3.05) is 13.7 Å². The van der Waals surface area contributed by atoms with Gasteiger partial charge in [-0.25, -0.2) is 9.50 Å². The smallest absolute Gasteiger partial charge is 0.320 e. The number of nitrogens with zero attached hydrogens (tertiary/aromatic N) is 4. The van der Waals surface area contributed by atoms with Crippen molar-refractivity contribution in [2.24, 2.45) is 7.05 Å². The molecule has 12 nitrogen and oxygen atoms in total. The maximum Gasteiger partial charge on any atom is 0.320 e. The number of pyridine rings is 1. The van der Waals surface area contributed by atoms with Crippen LogP contribution in [0.4, 0.5) is 0 Å². The van der Waals surface area contributed by atoms with Crippen LogP contribution in [0.1, 0.15) is 31.2 Å². The van der Waals surface area contributed by atoms with Gasteiger partial charge in [0, 0.05) is 72.2 Å². The largest absolute Gasteiger partial charge is 0.481 e. The molecule has 0 saturated carbocycles. The van der Waals surface area contributed by atoms with Gasteiger partial charge in [0.25, 0.3) is 5.56 Å². The number of benzene rings is 2. The van der Waals surface area contributed by atoms with E-state index in [9.17, 15) is 19.5 Å². The maximum atomic E-state index is 13.2. The van der Waals surface area contributed by atoms with Gasteiger partial charge >= 0.3 is 5.97 Å². The topological polar surface area (TPSA) is 152 Å². The highest BCUT2D eigenvalue weighted by Gasteiger charge is 2.21. The summed E-state index contributed by atoms with van der Waals surface area (Å²) in [4.78, 5) is 40.7. The molecule has 4 heterocycles. The molecule has 4 N–H and O–H groups in total. The summed E-state index contributed by atoms with van der Waals surface area (Å²) in [5, 5.41) is 23.9. The molecule has 0 aliphatic carbocycles. The Bertz CT molecular complexity index is 2130. The van der Waals surface area contributed by atoms with Crippen LogP contribution in [0.5, 0.6) is 5.88 Å².